The molecule has 2 aliphatic carbocycles. The van der Waals surface area contributed by atoms with Crippen LogP contribution in [0.5, 0.6) is 0 Å². The molecular weight excluding hydrogens is 306 g/mol. The van der Waals surface area contributed by atoms with Crippen molar-refractivity contribution in [1.82, 2.24) is 4.90 Å². The van der Waals surface area contributed by atoms with Gasteiger partial charge in [-0.3, -0.25) is 9.59 Å². The van der Waals surface area contributed by atoms with Gasteiger partial charge in [-0.2, -0.15) is 5.26 Å². The maximum atomic E-state index is 11.0. The summed E-state index contributed by atoms with van der Waals surface area (Å²) in [5.41, 5.74) is 5.17. The number of likely N-dealkylation sites (tertiary alicyclic amines) is 1. The number of amides is 1. The number of nitriles is 1. The van der Waals surface area contributed by atoms with E-state index in [1.54, 1.807) is 4.90 Å². The number of nitrogens with two attached hydrogens (primary N) is 1. The van der Waals surface area contributed by atoms with Gasteiger partial charge in [-0.1, -0.05) is 6.92 Å². The van der Waals surface area contributed by atoms with E-state index in [1.165, 1.54) is 19.8 Å². The van der Waals surface area contributed by atoms with Crippen LogP contribution < -0.4 is 5.73 Å². The number of carbonyl (C=O) groups is 2. The zero-order valence-electron chi connectivity index (χ0n) is 14.7. The molecule has 0 spiro atoms. The average molecular weight is 335 g/mol. The number of hydrogen-bond donors (Lipinski definition) is 1. The lowest BCUT2D eigenvalue weighted by Crippen LogP contribution is -2.38. The normalized spacial score (nSPS) is 34.1. The van der Waals surface area contributed by atoms with E-state index in [1.807, 2.05) is 0 Å². The monoisotopic (exact) mass is 335 g/mol. The zero-order valence-corrected chi connectivity index (χ0v) is 14.7. The minimum atomic E-state index is -0.231. The second-order valence-electron chi connectivity index (χ2n) is 7.38. The van der Waals surface area contributed by atoms with Crippen LogP contribution in [0, 0.1) is 29.1 Å². The van der Waals surface area contributed by atoms with Gasteiger partial charge in [0.25, 0.3) is 0 Å². The molecule has 1 amide bonds. The summed E-state index contributed by atoms with van der Waals surface area (Å²) in [5.74, 6) is 2.36. The third-order valence-corrected chi connectivity index (χ3v) is 5.44. The third-order valence-electron chi connectivity index (χ3n) is 5.44. The van der Waals surface area contributed by atoms with Crippen LogP contribution in [-0.4, -0.2) is 42.0 Å². The molecule has 1 saturated heterocycles. The molecule has 3 rings (SSSR count). The molecule has 1 heterocycles. The number of rotatable bonds is 2. The highest BCUT2D eigenvalue weighted by molar-refractivity contribution is 5.79. The number of fused-ring (bicyclic) bond motifs is 1. The van der Waals surface area contributed by atoms with E-state index in [0.717, 1.165) is 43.4 Å². The highest BCUT2D eigenvalue weighted by atomic mass is 16.5. The van der Waals surface area contributed by atoms with Crippen LogP contribution in [0.3, 0.4) is 0 Å². The molecule has 3 aliphatic rings. The Morgan fingerprint density at radius 3 is 2.38 bits per heavy atom. The molecule has 3 fully saturated rings. The molecule has 0 aromatic rings. The van der Waals surface area contributed by atoms with Crippen molar-refractivity contribution in [1.29, 1.82) is 5.26 Å². The first-order chi connectivity index (χ1) is 11.4. The molecule has 2 saturated carbocycles. The molecule has 0 radical (unpaired) electrons. The van der Waals surface area contributed by atoms with Crippen molar-refractivity contribution in [3.05, 3.63) is 0 Å². The van der Waals surface area contributed by atoms with Gasteiger partial charge in [0.1, 0.15) is 12.1 Å². The summed E-state index contributed by atoms with van der Waals surface area (Å²) in [7, 11) is 0. The van der Waals surface area contributed by atoms with E-state index in [2.05, 4.69) is 13.0 Å². The van der Waals surface area contributed by atoms with E-state index in [-0.39, 0.29) is 30.6 Å². The van der Waals surface area contributed by atoms with Crippen molar-refractivity contribution in [2.24, 2.45) is 23.5 Å². The minimum absolute atomic E-state index is 0.0121. The summed E-state index contributed by atoms with van der Waals surface area (Å²) in [4.78, 5) is 23.4. The zero-order chi connectivity index (χ0) is 17.7. The predicted molar refractivity (Wildman–Crippen MR) is 89.6 cm³/mol. The fourth-order valence-electron chi connectivity index (χ4n) is 4.51. The number of esters is 1. The van der Waals surface area contributed by atoms with Crippen molar-refractivity contribution in [3.8, 4) is 6.07 Å². The van der Waals surface area contributed by atoms with E-state index < -0.39 is 0 Å². The van der Waals surface area contributed by atoms with Gasteiger partial charge in [0.2, 0.25) is 5.91 Å². The SMILES string of the molecule is CC(=O)OC1C[C@H]2CC(C)C[C@H]2C1.N#C[C@@H]1CCCN1C(=O)CN. The van der Waals surface area contributed by atoms with Gasteiger partial charge < -0.3 is 15.4 Å². The van der Waals surface area contributed by atoms with Gasteiger partial charge in [-0.05, 0) is 56.3 Å². The Morgan fingerprint density at radius 1 is 1.25 bits per heavy atom. The number of ether oxygens (including phenoxy) is 1. The smallest absolute Gasteiger partial charge is 0.302 e. The molecule has 2 N–H and O–H groups in total. The number of carbonyl (C=O) groups excluding carboxylic acids is 2. The third kappa shape index (κ3) is 4.70. The van der Waals surface area contributed by atoms with Crippen LogP contribution >= 0.6 is 0 Å². The second-order valence-corrected chi connectivity index (χ2v) is 7.38. The van der Waals surface area contributed by atoms with E-state index in [9.17, 15) is 9.59 Å². The Bertz CT molecular complexity index is 488. The molecule has 6 heteroatoms. The Kier molecular flexibility index (Phi) is 6.61. The van der Waals surface area contributed by atoms with Crippen LogP contribution in [0.2, 0.25) is 0 Å². The van der Waals surface area contributed by atoms with Crippen molar-refractivity contribution in [3.63, 3.8) is 0 Å². The Balaban J connectivity index is 0.000000177. The van der Waals surface area contributed by atoms with Crippen LogP contribution in [0.25, 0.3) is 0 Å². The highest BCUT2D eigenvalue weighted by Gasteiger charge is 2.41. The number of nitrogens with zero attached hydrogens (tertiary/aromatic N) is 2. The van der Waals surface area contributed by atoms with E-state index in [0.29, 0.717) is 6.54 Å². The quantitative estimate of drug-likeness (QED) is 0.777. The summed E-state index contributed by atoms with van der Waals surface area (Å²) < 4.78 is 5.24. The molecule has 1 aliphatic heterocycles. The Hall–Kier alpha value is -1.61. The molecule has 6 nitrogen and oxygen atoms in total. The van der Waals surface area contributed by atoms with E-state index >= 15 is 0 Å². The molecule has 134 valence electrons. The fraction of sp³-hybridized carbons (Fsp3) is 0.833. The lowest BCUT2D eigenvalue weighted by Gasteiger charge is -2.17. The van der Waals surface area contributed by atoms with Crippen LogP contribution in [-0.2, 0) is 14.3 Å². The highest BCUT2D eigenvalue weighted by Crippen LogP contribution is 2.47. The first-order valence-electron chi connectivity index (χ1n) is 9.01. The average Bonchev–Trinajstić information content (AvgIpc) is 3.20. The molecule has 0 aromatic heterocycles. The summed E-state index contributed by atoms with van der Waals surface area (Å²) in [6.45, 7) is 4.54. The molecule has 5 atom stereocenters. The predicted octanol–water partition coefficient (Wildman–Crippen LogP) is 1.83. The van der Waals surface area contributed by atoms with Crippen molar-refractivity contribution in [2.75, 3.05) is 13.1 Å². The largest absolute Gasteiger partial charge is 0.463 e. The van der Waals surface area contributed by atoms with Gasteiger partial charge in [0.15, 0.2) is 0 Å². The van der Waals surface area contributed by atoms with Gasteiger partial charge in [0.05, 0.1) is 12.6 Å². The minimum Gasteiger partial charge on any atom is -0.463 e. The number of hydrogen-bond acceptors (Lipinski definition) is 5. The Morgan fingerprint density at radius 2 is 1.88 bits per heavy atom. The second kappa shape index (κ2) is 8.48. The standard InChI is InChI=1S/C11H18O2.C7H11N3O/c1-7-3-9-5-11(13-8(2)12)6-10(9)4-7;8-4-6-2-1-3-10(6)7(11)5-9/h7,9-11H,3-6H2,1-2H3;6H,1-3,5,9H2/t7?,9-,10+,11?;6-/m.0/s1. The maximum Gasteiger partial charge on any atom is 0.302 e. The first-order valence-corrected chi connectivity index (χ1v) is 9.01. The van der Waals surface area contributed by atoms with Crippen molar-refractivity contribution < 1.29 is 14.3 Å². The van der Waals surface area contributed by atoms with Crippen LogP contribution in [0.1, 0.15) is 52.4 Å². The van der Waals surface area contributed by atoms with Crippen LogP contribution in [0.4, 0.5) is 0 Å². The lowest BCUT2D eigenvalue weighted by molar-refractivity contribution is -0.146. The molecule has 0 aromatic carbocycles. The fourth-order valence-corrected chi connectivity index (χ4v) is 4.51. The van der Waals surface area contributed by atoms with Gasteiger partial charge in [0, 0.05) is 13.5 Å². The summed E-state index contributed by atoms with van der Waals surface area (Å²) in [6, 6.07) is 1.85. The topological polar surface area (TPSA) is 96.4 Å². The Labute approximate surface area is 144 Å². The van der Waals surface area contributed by atoms with Crippen molar-refractivity contribution in [2.45, 2.75) is 64.5 Å². The molecule has 0 bridgehead atoms. The van der Waals surface area contributed by atoms with Gasteiger partial charge in [-0.15, -0.1) is 0 Å². The van der Waals surface area contributed by atoms with Crippen LogP contribution in [0.15, 0.2) is 0 Å². The molecular formula is C18H29N3O3. The van der Waals surface area contributed by atoms with Crippen molar-refractivity contribution >= 4 is 11.9 Å². The van der Waals surface area contributed by atoms with Gasteiger partial charge >= 0.3 is 5.97 Å². The van der Waals surface area contributed by atoms with Gasteiger partial charge in [-0.25, -0.2) is 0 Å². The summed E-state index contributed by atoms with van der Waals surface area (Å²) in [6.07, 6.45) is 6.89. The first kappa shape index (κ1) is 18.7. The summed E-state index contributed by atoms with van der Waals surface area (Å²) >= 11 is 0. The maximum absolute atomic E-state index is 11.0. The lowest BCUT2D eigenvalue weighted by atomic mass is 10.0. The molecule has 2 unspecified atom stereocenters. The van der Waals surface area contributed by atoms with E-state index in [4.69, 9.17) is 15.7 Å². The summed E-state index contributed by atoms with van der Waals surface area (Å²) in [5, 5.41) is 8.60. The molecule has 24 heavy (non-hydrogen) atoms.